The van der Waals surface area contributed by atoms with Gasteiger partial charge >= 0.3 is 0 Å². The second-order valence-electron chi connectivity index (χ2n) is 3.79. The van der Waals surface area contributed by atoms with Gasteiger partial charge in [-0.2, -0.15) is 0 Å². The molecule has 0 spiro atoms. The smallest absolute Gasteiger partial charge is 0.127 e. The Kier molecular flexibility index (Phi) is 3.36. The molecule has 2 aliphatic heterocycles. The van der Waals surface area contributed by atoms with Crippen molar-refractivity contribution in [3.05, 3.63) is 35.4 Å². The summed E-state index contributed by atoms with van der Waals surface area (Å²) in [4.78, 5) is 0. The fraction of sp³-hybridized carbons (Fsp3) is 0.333. The van der Waals surface area contributed by atoms with E-state index in [1.165, 1.54) is 16.7 Å². The summed E-state index contributed by atoms with van der Waals surface area (Å²) in [7, 11) is 0. The molecule has 1 aromatic rings. The molecule has 0 bridgehead atoms. The van der Waals surface area contributed by atoms with Crippen LogP contribution in [0.5, 0.6) is 5.75 Å². The minimum absolute atomic E-state index is 0. The summed E-state index contributed by atoms with van der Waals surface area (Å²) in [6, 6.07) is 8.34. The van der Waals surface area contributed by atoms with E-state index in [9.17, 15) is 0 Å². The molecule has 4 radical (unpaired) electrons. The molecule has 3 rings (SSSR count). The summed E-state index contributed by atoms with van der Waals surface area (Å²) in [5.41, 5.74) is 4.23. The first-order chi connectivity index (χ1) is 6.95. The van der Waals surface area contributed by atoms with Crippen LogP contribution in [0.3, 0.4) is 0 Å². The largest absolute Gasteiger partial charge is 0.489 e. The number of ether oxygens (including phenoxy) is 1. The maximum atomic E-state index is 5.70. The Balaban J connectivity index is 0.000000853. The summed E-state index contributed by atoms with van der Waals surface area (Å²) in [5, 5.41) is 3.38. The van der Waals surface area contributed by atoms with Gasteiger partial charge in [0, 0.05) is 36.0 Å². The number of para-hydroxylation sites is 1. The standard InChI is InChI=1S/C12H13NO.Sn/c1-2-4-12-11(3-1)10-5-6-13-7-9(10)8-14-12;/h1-4,13H,5-8H2;. The molecule has 2 aliphatic rings. The zero-order valence-electron chi connectivity index (χ0n) is 8.55. The van der Waals surface area contributed by atoms with E-state index in [1.807, 2.05) is 6.07 Å². The van der Waals surface area contributed by atoms with Gasteiger partial charge in [-0.3, -0.25) is 0 Å². The van der Waals surface area contributed by atoms with E-state index in [-0.39, 0.29) is 23.9 Å². The summed E-state index contributed by atoms with van der Waals surface area (Å²) in [6.45, 7) is 2.84. The Morgan fingerprint density at radius 3 is 3.00 bits per heavy atom. The van der Waals surface area contributed by atoms with E-state index in [0.29, 0.717) is 0 Å². The molecule has 1 aromatic carbocycles. The first-order valence-electron chi connectivity index (χ1n) is 5.09. The van der Waals surface area contributed by atoms with Crippen LogP contribution < -0.4 is 10.1 Å². The Labute approximate surface area is 107 Å². The van der Waals surface area contributed by atoms with Crippen LogP contribution in [0.2, 0.25) is 0 Å². The molecule has 0 unspecified atom stereocenters. The number of hydrogen-bond donors (Lipinski definition) is 1. The summed E-state index contributed by atoms with van der Waals surface area (Å²) >= 11 is 0. The molecule has 0 amide bonds. The topological polar surface area (TPSA) is 21.3 Å². The molecule has 3 heteroatoms. The quantitative estimate of drug-likeness (QED) is 0.733. The first kappa shape index (κ1) is 11.0. The number of benzene rings is 1. The predicted octanol–water partition coefficient (Wildman–Crippen LogP) is 1.45. The molecule has 0 saturated heterocycles. The van der Waals surface area contributed by atoms with E-state index in [0.717, 1.165) is 31.9 Å². The minimum Gasteiger partial charge on any atom is -0.489 e. The van der Waals surface area contributed by atoms with Gasteiger partial charge in [-0.05, 0) is 30.2 Å². The molecule has 0 fully saturated rings. The van der Waals surface area contributed by atoms with Gasteiger partial charge in [0.25, 0.3) is 0 Å². The molecule has 0 saturated carbocycles. The van der Waals surface area contributed by atoms with Gasteiger partial charge in [0.2, 0.25) is 0 Å². The fourth-order valence-corrected chi connectivity index (χ4v) is 2.21. The number of hydrogen-bond acceptors (Lipinski definition) is 2. The van der Waals surface area contributed by atoms with Crippen LogP contribution in [0.1, 0.15) is 12.0 Å². The van der Waals surface area contributed by atoms with Crippen LogP contribution >= 0.6 is 0 Å². The van der Waals surface area contributed by atoms with Gasteiger partial charge in [0.1, 0.15) is 12.4 Å². The van der Waals surface area contributed by atoms with E-state index in [4.69, 9.17) is 4.74 Å². The second kappa shape index (κ2) is 4.58. The van der Waals surface area contributed by atoms with Gasteiger partial charge in [0.15, 0.2) is 0 Å². The number of fused-ring (bicyclic) bond motifs is 2. The van der Waals surface area contributed by atoms with Crippen molar-refractivity contribution in [1.82, 2.24) is 5.32 Å². The number of nitrogens with one attached hydrogen (secondary N) is 1. The van der Waals surface area contributed by atoms with Gasteiger partial charge < -0.3 is 10.1 Å². The van der Waals surface area contributed by atoms with Crippen molar-refractivity contribution in [2.45, 2.75) is 6.42 Å². The third-order valence-corrected chi connectivity index (χ3v) is 2.93. The van der Waals surface area contributed by atoms with Gasteiger partial charge in [-0.1, -0.05) is 18.2 Å². The van der Waals surface area contributed by atoms with E-state index in [1.54, 1.807) is 0 Å². The molecule has 15 heavy (non-hydrogen) atoms. The first-order valence-corrected chi connectivity index (χ1v) is 5.09. The molecule has 2 heterocycles. The normalized spacial score (nSPS) is 18.4. The van der Waals surface area contributed by atoms with Crippen LogP contribution in [0.4, 0.5) is 0 Å². The predicted molar refractivity (Wildman–Crippen MR) is 62.1 cm³/mol. The molecule has 0 aromatic heterocycles. The van der Waals surface area contributed by atoms with Crippen LogP contribution in [-0.2, 0) is 0 Å². The maximum Gasteiger partial charge on any atom is 0.127 e. The fourth-order valence-electron chi connectivity index (χ4n) is 2.21. The summed E-state index contributed by atoms with van der Waals surface area (Å²) < 4.78 is 5.70. The van der Waals surface area contributed by atoms with Gasteiger partial charge in [0.05, 0.1) is 0 Å². The van der Waals surface area contributed by atoms with Crippen molar-refractivity contribution in [3.8, 4) is 5.75 Å². The molecule has 2 nitrogen and oxygen atoms in total. The molecule has 0 atom stereocenters. The average Bonchev–Trinajstić information content (AvgIpc) is 2.29. The molecule has 1 N–H and O–H groups in total. The van der Waals surface area contributed by atoms with Crippen LogP contribution in [-0.4, -0.2) is 43.6 Å². The molecular weight excluding hydrogens is 293 g/mol. The SMILES string of the molecule is [Sn].c1ccc2c(c1)OCC1=C2CCNC1. The van der Waals surface area contributed by atoms with Crippen molar-refractivity contribution >= 4 is 29.5 Å². The zero-order chi connectivity index (χ0) is 9.38. The Morgan fingerprint density at radius 2 is 2.07 bits per heavy atom. The van der Waals surface area contributed by atoms with Crippen LogP contribution in [0.25, 0.3) is 5.57 Å². The third-order valence-electron chi connectivity index (χ3n) is 2.93. The Hall–Kier alpha value is -0.481. The van der Waals surface area contributed by atoms with Crippen molar-refractivity contribution in [3.63, 3.8) is 0 Å². The minimum atomic E-state index is 0. The van der Waals surface area contributed by atoms with Crippen molar-refractivity contribution in [1.29, 1.82) is 0 Å². The second-order valence-corrected chi connectivity index (χ2v) is 3.79. The van der Waals surface area contributed by atoms with Crippen LogP contribution in [0, 0.1) is 0 Å². The zero-order valence-corrected chi connectivity index (χ0v) is 11.4. The molecule has 0 aliphatic carbocycles. The Bertz CT molecular complexity index is 400. The summed E-state index contributed by atoms with van der Waals surface area (Å²) in [5.74, 6) is 1.05. The summed E-state index contributed by atoms with van der Waals surface area (Å²) in [6.07, 6.45) is 1.13. The van der Waals surface area contributed by atoms with Crippen molar-refractivity contribution in [2.24, 2.45) is 0 Å². The average molecular weight is 306 g/mol. The van der Waals surface area contributed by atoms with E-state index >= 15 is 0 Å². The maximum absolute atomic E-state index is 5.70. The van der Waals surface area contributed by atoms with Gasteiger partial charge in [-0.15, -0.1) is 0 Å². The van der Waals surface area contributed by atoms with Crippen molar-refractivity contribution in [2.75, 3.05) is 19.7 Å². The van der Waals surface area contributed by atoms with Gasteiger partial charge in [-0.25, -0.2) is 0 Å². The third kappa shape index (κ3) is 1.93. The van der Waals surface area contributed by atoms with Crippen LogP contribution in [0.15, 0.2) is 29.8 Å². The van der Waals surface area contributed by atoms with E-state index < -0.39 is 0 Å². The Morgan fingerprint density at radius 1 is 1.20 bits per heavy atom. The van der Waals surface area contributed by atoms with Crippen molar-refractivity contribution < 1.29 is 4.74 Å². The monoisotopic (exact) mass is 307 g/mol. The molecular formula is C12H13NOSn. The van der Waals surface area contributed by atoms with E-state index in [2.05, 4.69) is 23.5 Å². The molecule has 76 valence electrons. The number of rotatable bonds is 0.